The van der Waals surface area contributed by atoms with Crippen LogP contribution in [0.25, 0.3) is 0 Å². The zero-order chi connectivity index (χ0) is 17.9. The van der Waals surface area contributed by atoms with Gasteiger partial charge in [0.25, 0.3) is 0 Å². The van der Waals surface area contributed by atoms with Crippen molar-refractivity contribution in [2.45, 2.75) is 13.3 Å². The van der Waals surface area contributed by atoms with Gasteiger partial charge in [0.1, 0.15) is 13.1 Å². The SMILES string of the molecule is CCOc1cccc(/C=N/NC(=S)NCCC[NH+]2CCOCC2)c1O. The van der Waals surface area contributed by atoms with Gasteiger partial charge in [-0.3, -0.25) is 5.43 Å². The van der Waals surface area contributed by atoms with Crippen LogP contribution >= 0.6 is 12.2 Å². The van der Waals surface area contributed by atoms with Crippen molar-refractivity contribution in [3.8, 4) is 11.5 Å². The van der Waals surface area contributed by atoms with Crippen LogP contribution in [0.4, 0.5) is 0 Å². The molecule has 0 bridgehead atoms. The third kappa shape index (κ3) is 6.85. The maximum Gasteiger partial charge on any atom is 0.186 e. The molecule has 138 valence electrons. The summed E-state index contributed by atoms with van der Waals surface area (Å²) in [6, 6.07) is 5.27. The first kappa shape index (κ1) is 19.4. The Labute approximate surface area is 154 Å². The van der Waals surface area contributed by atoms with Crippen LogP contribution in [0.5, 0.6) is 11.5 Å². The van der Waals surface area contributed by atoms with E-state index in [2.05, 4.69) is 15.8 Å². The molecule has 25 heavy (non-hydrogen) atoms. The van der Waals surface area contributed by atoms with E-state index < -0.39 is 0 Å². The summed E-state index contributed by atoms with van der Waals surface area (Å²) in [6.07, 6.45) is 2.56. The van der Waals surface area contributed by atoms with Crippen molar-refractivity contribution < 1.29 is 19.5 Å². The molecule has 1 aliphatic rings. The highest BCUT2D eigenvalue weighted by Gasteiger charge is 2.12. The molecule has 0 unspecified atom stereocenters. The van der Waals surface area contributed by atoms with E-state index >= 15 is 0 Å². The summed E-state index contributed by atoms with van der Waals surface area (Å²) < 4.78 is 10.7. The molecule has 2 rings (SSSR count). The highest BCUT2D eigenvalue weighted by Crippen LogP contribution is 2.28. The van der Waals surface area contributed by atoms with Gasteiger partial charge in [0.15, 0.2) is 16.6 Å². The summed E-state index contributed by atoms with van der Waals surface area (Å²) in [4.78, 5) is 1.58. The lowest BCUT2D eigenvalue weighted by molar-refractivity contribution is -0.908. The molecule has 0 radical (unpaired) electrons. The van der Waals surface area contributed by atoms with E-state index in [0.717, 1.165) is 45.8 Å². The number of aromatic hydroxyl groups is 1. The summed E-state index contributed by atoms with van der Waals surface area (Å²) in [5.41, 5.74) is 3.33. The van der Waals surface area contributed by atoms with Gasteiger partial charge in [-0.05, 0) is 31.3 Å². The second kappa shape index (κ2) is 10.9. The van der Waals surface area contributed by atoms with Gasteiger partial charge in [-0.15, -0.1) is 0 Å². The maximum atomic E-state index is 10.1. The Balaban J connectivity index is 1.67. The van der Waals surface area contributed by atoms with Gasteiger partial charge in [-0.2, -0.15) is 5.10 Å². The van der Waals surface area contributed by atoms with Crippen molar-refractivity contribution in [2.24, 2.45) is 5.10 Å². The molecule has 7 nitrogen and oxygen atoms in total. The second-order valence-corrected chi connectivity index (χ2v) is 6.13. The van der Waals surface area contributed by atoms with Crippen molar-refractivity contribution >= 4 is 23.5 Å². The van der Waals surface area contributed by atoms with E-state index in [0.29, 0.717) is 23.0 Å². The molecular formula is C17H27N4O3S+. The minimum absolute atomic E-state index is 0.0715. The van der Waals surface area contributed by atoms with Gasteiger partial charge >= 0.3 is 0 Å². The van der Waals surface area contributed by atoms with Crippen LogP contribution in [0.1, 0.15) is 18.9 Å². The Morgan fingerprint density at radius 3 is 3.00 bits per heavy atom. The van der Waals surface area contributed by atoms with Crippen LogP contribution in [0.2, 0.25) is 0 Å². The molecule has 8 heteroatoms. The van der Waals surface area contributed by atoms with Gasteiger partial charge in [0, 0.05) is 18.5 Å². The van der Waals surface area contributed by atoms with E-state index in [-0.39, 0.29) is 5.75 Å². The van der Waals surface area contributed by atoms with Crippen LogP contribution in [0, 0.1) is 0 Å². The van der Waals surface area contributed by atoms with Crippen LogP contribution in [-0.2, 0) is 4.74 Å². The second-order valence-electron chi connectivity index (χ2n) is 5.72. The first-order chi connectivity index (χ1) is 12.2. The maximum absolute atomic E-state index is 10.1. The lowest BCUT2D eigenvalue weighted by atomic mass is 10.2. The number of morpholine rings is 1. The first-order valence-electron chi connectivity index (χ1n) is 8.63. The minimum Gasteiger partial charge on any atom is -0.504 e. The third-order valence-electron chi connectivity index (χ3n) is 3.89. The summed E-state index contributed by atoms with van der Waals surface area (Å²) in [5.74, 6) is 0.514. The molecule has 1 fully saturated rings. The van der Waals surface area contributed by atoms with Crippen LogP contribution in [0.3, 0.4) is 0 Å². The number of para-hydroxylation sites is 1. The van der Waals surface area contributed by atoms with Gasteiger partial charge in [0.2, 0.25) is 0 Å². The monoisotopic (exact) mass is 367 g/mol. The van der Waals surface area contributed by atoms with Gasteiger partial charge in [-0.1, -0.05) is 6.07 Å². The topological polar surface area (TPSA) is 79.5 Å². The normalized spacial score (nSPS) is 15.2. The molecule has 1 aliphatic heterocycles. The fourth-order valence-electron chi connectivity index (χ4n) is 2.57. The van der Waals surface area contributed by atoms with Crippen LogP contribution in [-0.4, -0.2) is 62.4 Å². The highest BCUT2D eigenvalue weighted by atomic mass is 32.1. The predicted molar refractivity (Wildman–Crippen MR) is 102 cm³/mol. The van der Waals surface area contributed by atoms with Crippen molar-refractivity contribution in [1.29, 1.82) is 0 Å². The molecule has 0 aromatic heterocycles. The molecule has 1 saturated heterocycles. The molecule has 0 amide bonds. The van der Waals surface area contributed by atoms with Crippen molar-refractivity contribution in [1.82, 2.24) is 10.7 Å². The number of rotatable bonds is 8. The third-order valence-corrected chi connectivity index (χ3v) is 4.13. The molecule has 0 saturated carbocycles. The number of thiocarbonyl (C=S) groups is 1. The van der Waals surface area contributed by atoms with E-state index in [1.54, 1.807) is 23.1 Å². The fourth-order valence-corrected chi connectivity index (χ4v) is 2.72. The molecule has 1 aromatic carbocycles. The van der Waals surface area contributed by atoms with E-state index in [9.17, 15) is 5.11 Å². The quantitative estimate of drug-likeness (QED) is 0.222. The zero-order valence-electron chi connectivity index (χ0n) is 14.6. The number of quaternary nitrogens is 1. The Hall–Kier alpha value is -1.90. The summed E-state index contributed by atoms with van der Waals surface area (Å²) in [6.45, 7) is 8.15. The Morgan fingerprint density at radius 2 is 2.24 bits per heavy atom. The lowest BCUT2D eigenvalue weighted by Gasteiger charge is -2.23. The molecule has 1 aromatic rings. The van der Waals surface area contributed by atoms with Crippen molar-refractivity contribution in [3.05, 3.63) is 23.8 Å². The number of nitrogens with one attached hydrogen (secondary N) is 3. The number of hydrogen-bond acceptors (Lipinski definition) is 5. The standard InChI is InChI=1S/C17H26N4O3S/c1-2-24-15-6-3-5-14(16(15)22)13-19-20-17(25)18-7-4-8-21-9-11-23-12-10-21/h3,5-6,13,22H,2,4,7-12H2,1H3,(H2,18,20,25)/p+1/b19-13+. The van der Waals surface area contributed by atoms with E-state index in [4.69, 9.17) is 21.7 Å². The predicted octanol–water partition coefficient (Wildman–Crippen LogP) is -0.106. The molecule has 1 heterocycles. The molecular weight excluding hydrogens is 340 g/mol. The Kier molecular flexibility index (Phi) is 8.44. The summed E-state index contributed by atoms with van der Waals surface area (Å²) in [7, 11) is 0. The van der Waals surface area contributed by atoms with Crippen molar-refractivity contribution in [3.63, 3.8) is 0 Å². The lowest BCUT2D eigenvalue weighted by Crippen LogP contribution is -3.14. The zero-order valence-corrected chi connectivity index (χ0v) is 15.4. The van der Waals surface area contributed by atoms with Crippen molar-refractivity contribution in [2.75, 3.05) is 46.0 Å². The first-order valence-corrected chi connectivity index (χ1v) is 9.04. The van der Waals surface area contributed by atoms with Gasteiger partial charge in [0.05, 0.1) is 32.6 Å². The summed E-state index contributed by atoms with van der Waals surface area (Å²) >= 11 is 5.19. The van der Waals surface area contributed by atoms with Crippen LogP contribution in [0.15, 0.2) is 23.3 Å². The molecule has 0 spiro atoms. The average molecular weight is 367 g/mol. The minimum atomic E-state index is 0.0715. The molecule has 4 N–H and O–H groups in total. The number of nitrogens with zero attached hydrogens (tertiary/aromatic N) is 1. The number of phenolic OH excluding ortho intramolecular Hbond substituents is 1. The average Bonchev–Trinajstić information content (AvgIpc) is 2.63. The number of hydrazone groups is 1. The smallest absolute Gasteiger partial charge is 0.186 e. The number of phenols is 1. The largest absolute Gasteiger partial charge is 0.504 e. The van der Waals surface area contributed by atoms with E-state index in [1.165, 1.54) is 6.21 Å². The van der Waals surface area contributed by atoms with Gasteiger partial charge < -0.3 is 24.8 Å². The molecule has 0 atom stereocenters. The number of hydrogen-bond donors (Lipinski definition) is 4. The fraction of sp³-hybridized carbons (Fsp3) is 0.529. The molecule has 0 aliphatic carbocycles. The highest BCUT2D eigenvalue weighted by molar-refractivity contribution is 7.80. The van der Waals surface area contributed by atoms with Gasteiger partial charge in [-0.25, -0.2) is 0 Å². The number of ether oxygens (including phenoxy) is 2. The Bertz CT molecular complexity index is 577. The number of benzene rings is 1. The van der Waals surface area contributed by atoms with Crippen LogP contribution < -0.4 is 20.4 Å². The summed E-state index contributed by atoms with van der Waals surface area (Å²) in [5, 5.41) is 17.7. The van der Waals surface area contributed by atoms with E-state index in [1.807, 2.05) is 6.92 Å². The Morgan fingerprint density at radius 1 is 1.44 bits per heavy atom.